The van der Waals surface area contributed by atoms with Gasteiger partial charge in [0.25, 0.3) is 0 Å². The molecule has 1 N–H and O–H groups in total. The monoisotopic (exact) mass is 546 g/mol. The zero-order valence-corrected chi connectivity index (χ0v) is 24.3. The van der Waals surface area contributed by atoms with Crippen molar-refractivity contribution >= 4 is 17.4 Å². The van der Waals surface area contributed by atoms with E-state index < -0.39 is 0 Å². The Balaban J connectivity index is 1.65. The molecule has 1 unspecified atom stereocenters. The molecule has 1 aromatic heterocycles. The van der Waals surface area contributed by atoms with Crippen molar-refractivity contribution < 1.29 is 14.6 Å². The minimum atomic E-state index is -0.0407. The molecule has 9 heteroatoms. The van der Waals surface area contributed by atoms with Gasteiger partial charge < -0.3 is 29.4 Å². The van der Waals surface area contributed by atoms with Crippen LogP contribution in [0.5, 0.6) is 11.8 Å². The Labute approximate surface area is 238 Å². The van der Waals surface area contributed by atoms with Crippen molar-refractivity contribution in [3.8, 4) is 11.8 Å². The summed E-state index contributed by atoms with van der Waals surface area (Å²) in [5.41, 5.74) is 5.29. The Kier molecular flexibility index (Phi) is 9.47. The summed E-state index contributed by atoms with van der Waals surface area (Å²) >= 11 is 0. The highest BCUT2D eigenvalue weighted by molar-refractivity contribution is 5.87. The van der Waals surface area contributed by atoms with Crippen LogP contribution in [0.25, 0.3) is 0 Å². The average Bonchev–Trinajstić information content (AvgIpc) is 2.93. The zero-order valence-electron chi connectivity index (χ0n) is 24.3. The normalized spacial score (nSPS) is 17.3. The molecule has 2 aliphatic rings. The third-order valence-corrected chi connectivity index (χ3v) is 7.60. The number of carbonyl (C=O) groups is 1. The van der Waals surface area contributed by atoms with Gasteiger partial charge in [0.05, 0.1) is 12.2 Å². The van der Waals surface area contributed by atoms with Crippen molar-refractivity contribution in [3.63, 3.8) is 0 Å². The highest BCUT2D eigenvalue weighted by Gasteiger charge is 2.31. The molecule has 2 aliphatic heterocycles. The summed E-state index contributed by atoms with van der Waals surface area (Å²) in [6.07, 6.45) is 8.60. The third kappa shape index (κ3) is 6.65. The predicted octanol–water partition coefficient (Wildman–Crippen LogP) is 3.50. The van der Waals surface area contributed by atoms with Crippen molar-refractivity contribution in [2.24, 2.45) is 0 Å². The highest BCUT2D eigenvalue weighted by Crippen LogP contribution is 2.35. The van der Waals surface area contributed by atoms with E-state index in [9.17, 15) is 9.90 Å². The topological polar surface area (TPSA) is 85.3 Å². The number of amides is 1. The summed E-state index contributed by atoms with van der Waals surface area (Å²) in [4.78, 5) is 30.5. The molecule has 0 aliphatic carbocycles. The van der Waals surface area contributed by atoms with E-state index in [-0.39, 0.29) is 17.7 Å². The fourth-order valence-electron chi connectivity index (χ4n) is 5.41. The molecule has 1 saturated heterocycles. The molecule has 4 rings (SSSR count). The summed E-state index contributed by atoms with van der Waals surface area (Å²) in [6, 6.07) is 4.08. The van der Waals surface area contributed by atoms with Gasteiger partial charge in [0.1, 0.15) is 18.2 Å². The highest BCUT2D eigenvalue weighted by atomic mass is 16.5. The average molecular weight is 547 g/mol. The van der Waals surface area contributed by atoms with Gasteiger partial charge in [-0.3, -0.25) is 4.79 Å². The molecule has 0 saturated carbocycles. The number of benzene rings is 1. The van der Waals surface area contributed by atoms with E-state index in [2.05, 4.69) is 41.7 Å². The van der Waals surface area contributed by atoms with Crippen LogP contribution in [0.1, 0.15) is 29.3 Å². The number of carbonyl (C=O) groups excluding carboxylic acids is 1. The maximum Gasteiger partial charge on any atom is 0.318 e. The first-order chi connectivity index (χ1) is 19.2. The number of likely N-dealkylation sites (N-methyl/N-ethyl adjacent to an activating group) is 1. The maximum atomic E-state index is 12.3. The van der Waals surface area contributed by atoms with E-state index in [4.69, 9.17) is 14.7 Å². The Morgan fingerprint density at radius 2 is 2.00 bits per heavy atom. The smallest absolute Gasteiger partial charge is 0.318 e. The number of fused-ring (bicyclic) bond motifs is 1. The Hall–Kier alpha value is -3.85. The molecule has 0 radical (unpaired) electrons. The lowest BCUT2D eigenvalue weighted by Gasteiger charge is -2.41. The molecule has 40 heavy (non-hydrogen) atoms. The SMILES string of the molecule is C=C/C=C\Cc1cc(O)cc(N2CCc3c(nc(OCCN(C)C)nc3N3CCN(C(=O)C=C)C(C)C3)C2)c1C. The van der Waals surface area contributed by atoms with Crippen molar-refractivity contribution in [2.75, 3.05) is 63.2 Å². The summed E-state index contributed by atoms with van der Waals surface area (Å²) in [5, 5.41) is 10.5. The van der Waals surface area contributed by atoms with Gasteiger partial charge in [0.15, 0.2) is 0 Å². The van der Waals surface area contributed by atoms with Gasteiger partial charge in [-0.2, -0.15) is 9.97 Å². The number of anilines is 2. The van der Waals surface area contributed by atoms with Gasteiger partial charge in [-0.15, -0.1) is 0 Å². The number of phenols is 1. The number of ether oxygens (including phenoxy) is 1. The summed E-state index contributed by atoms with van der Waals surface area (Å²) < 4.78 is 6.03. The lowest BCUT2D eigenvalue weighted by molar-refractivity contribution is -0.128. The van der Waals surface area contributed by atoms with Crippen molar-refractivity contribution in [1.82, 2.24) is 19.8 Å². The molecule has 1 fully saturated rings. The summed E-state index contributed by atoms with van der Waals surface area (Å²) in [6.45, 7) is 16.1. The van der Waals surface area contributed by atoms with Crippen LogP contribution in [0.3, 0.4) is 0 Å². The fourth-order valence-corrected chi connectivity index (χ4v) is 5.41. The number of rotatable bonds is 10. The van der Waals surface area contributed by atoms with Crippen LogP contribution in [0.15, 0.2) is 49.6 Å². The molecule has 0 spiro atoms. The minimum Gasteiger partial charge on any atom is -0.508 e. The quantitative estimate of drug-likeness (QED) is 0.358. The van der Waals surface area contributed by atoms with Gasteiger partial charge in [0, 0.05) is 56.1 Å². The number of phenolic OH excluding ortho intramolecular Hbond substituents is 1. The van der Waals surface area contributed by atoms with E-state index in [1.165, 1.54) is 6.08 Å². The van der Waals surface area contributed by atoms with Crippen LogP contribution < -0.4 is 14.5 Å². The van der Waals surface area contributed by atoms with Crippen molar-refractivity contribution in [1.29, 1.82) is 0 Å². The third-order valence-electron chi connectivity index (χ3n) is 7.60. The van der Waals surface area contributed by atoms with Crippen molar-refractivity contribution in [2.45, 2.75) is 39.3 Å². The molecule has 214 valence electrons. The predicted molar refractivity (Wildman–Crippen MR) is 160 cm³/mol. The maximum absolute atomic E-state index is 12.3. The molecule has 1 amide bonds. The molecule has 2 aromatic rings. The Morgan fingerprint density at radius 1 is 1.20 bits per heavy atom. The van der Waals surface area contributed by atoms with Gasteiger partial charge in [-0.05, 0) is 64.1 Å². The first kappa shape index (κ1) is 29.1. The molecular weight excluding hydrogens is 504 g/mol. The molecule has 9 nitrogen and oxygen atoms in total. The summed E-state index contributed by atoms with van der Waals surface area (Å²) in [7, 11) is 4.01. The van der Waals surface area contributed by atoms with Crippen LogP contribution in [-0.4, -0.2) is 90.2 Å². The number of allylic oxidation sites excluding steroid dienone is 3. The van der Waals surface area contributed by atoms with E-state index in [0.29, 0.717) is 38.8 Å². The number of aromatic hydroxyl groups is 1. The lowest BCUT2D eigenvalue weighted by Crippen LogP contribution is -2.54. The van der Waals surface area contributed by atoms with Crippen molar-refractivity contribution in [3.05, 3.63) is 72.0 Å². The second-order valence-electron chi connectivity index (χ2n) is 10.7. The zero-order chi connectivity index (χ0) is 28.8. The molecule has 0 bridgehead atoms. The lowest BCUT2D eigenvalue weighted by atomic mass is 9.99. The second kappa shape index (κ2) is 13.0. The number of hydrogen-bond acceptors (Lipinski definition) is 8. The number of hydrogen-bond donors (Lipinski definition) is 1. The van der Waals surface area contributed by atoms with Gasteiger partial charge in [0.2, 0.25) is 5.91 Å². The van der Waals surface area contributed by atoms with Crippen LogP contribution in [0, 0.1) is 6.92 Å². The molecule has 1 atom stereocenters. The first-order valence-electron chi connectivity index (χ1n) is 13.9. The number of nitrogens with zero attached hydrogens (tertiary/aromatic N) is 6. The van der Waals surface area contributed by atoms with Gasteiger partial charge in [-0.1, -0.05) is 31.4 Å². The fraction of sp³-hybridized carbons (Fsp3) is 0.452. The largest absolute Gasteiger partial charge is 0.508 e. The minimum absolute atomic E-state index is 0.0339. The van der Waals surface area contributed by atoms with E-state index >= 15 is 0 Å². The van der Waals surface area contributed by atoms with Gasteiger partial charge >= 0.3 is 6.01 Å². The van der Waals surface area contributed by atoms with Gasteiger partial charge in [-0.25, -0.2) is 0 Å². The van der Waals surface area contributed by atoms with Crippen LogP contribution in [0.2, 0.25) is 0 Å². The van der Waals surface area contributed by atoms with E-state index in [1.807, 2.05) is 43.3 Å². The Bertz CT molecular complexity index is 1270. The van der Waals surface area contributed by atoms with E-state index in [1.54, 1.807) is 6.08 Å². The first-order valence-corrected chi connectivity index (χ1v) is 13.9. The van der Waals surface area contributed by atoms with Crippen LogP contribution >= 0.6 is 0 Å². The molecular formula is C31H42N6O3. The second-order valence-corrected chi connectivity index (χ2v) is 10.7. The number of piperazine rings is 1. The molecule has 3 heterocycles. The Morgan fingerprint density at radius 3 is 2.70 bits per heavy atom. The summed E-state index contributed by atoms with van der Waals surface area (Å²) in [5.74, 6) is 1.11. The standard InChI is InChI=1S/C31H42N6O3/c1-7-9-10-11-24-18-25(38)19-28(23(24)4)35-13-12-26-27(21-35)32-31(40-17-16-34(5)6)33-30(26)36-14-15-37(22(3)20-36)29(39)8-2/h7-10,18-19,22,38H,1-2,11-17,20-21H2,3-6H3/b10-9-. The van der Waals surface area contributed by atoms with Crippen LogP contribution in [0.4, 0.5) is 11.5 Å². The van der Waals surface area contributed by atoms with E-state index in [0.717, 1.165) is 59.8 Å². The van der Waals surface area contributed by atoms with Crippen LogP contribution in [-0.2, 0) is 24.2 Å². The molecule has 1 aromatic carbocycles. The number of aromatic nitrogens is 2.